The molecular formula is C11H14ClFN2O. The Kier molecular flexibility index (Phi) is 4.71. The summed E-state index contributed by atoms with van der Waals surface area (Å²) in [6.45, 7) is 1.94. The first-order valence-electron chi connectivity index (χ1n) is 5.05. The lowest BCUT2D eigenvalue weighted by atomic mass is 10.1. The van der Waals surface area contributed by atoms with Crippen LogP contribution >= 0.6 is 11.6 Å². The van der Waals surface area contributed by atoms with Crippen LogP contribution in [0.4, 0.5) is 10.1 Å². The van der Waals surface area contributed by atoms with Crippen molar-refractivity contribution in [2.45, 2.75) is 25.8 Å². The Balaban J connectivity index is 2.69. The van der Waals surface area contributed by atoms with E-state index in [1.165, 1.54) is 18.2 Å². The summed E-state index contributed by atoms with van der Waals surface area (Å²) in [5.74, 6) is -0.824. The summed E-state index contributed by atoms with van der Waals surface area (Å²) in [5, 5.41) is 2.76. The van der Waals surface area contributed by atoms with E-state index < -0.39 is 11.9 Å². The van der Waals surface area contributed by atoms with E-state index in [0.717, 1.165) is 6.42 Å². The Morgan fingerprint density at radius 3 is 2.81 bits per heavy atom. The van der Waals surface area contributed by atoms with E-state index in [-0.39, 0.29) is 10.9 Å². The third-order valence-corrected chi connectivity index (χ3v) is 2.28. The van der Waals surface area contributed by atoms with Crippen LogP contribution in [0, 0.1) is 5.82 Å². The lowest BCUT2D eigenvalue weighted by Crippen LogP contribution is -2.35. The molecule has 1 aromatic rings. The minimum Gasteiger partial charge on any atom is -0.325 e. The Labute approximate surface area is 98.8 Å². The molecule has 0 aliphatic carbocycles. The fourth-order valence-electron chi connectivity index (χ4n) is 1.30. The standard InChI is InChI=1S/C11H14ClFN2O/c1-2-3-10(14)11(16)15-9-5-7(12)4-8(13)6-9/h4-6,10H,2-3,14H2,1H3,(H,15,16). The van der Waals surface area contributed by atoms with Gasteiger partial charge in [0.1, 0.15) is 5.82 Å². The molecule has 0 fully saturated rings. The summed E-state index contributed by atoms with van der Waals surface area (Å²) >= 11 is 5.65. The topological polar surface area (TPSA) is 55.1 Å². The fourth-order valence-corrected chi connectivity index (χ4v) is 1.52. The van der Waals surface area contributed by atoms with Gasteiger partial charge >= 0.3 is 0 Å². The number of hydrogen-bond donors (Lipinski definition) is 2. The number of amides is 1. The molecule has 16 heavy (non-hydrogen) atoms. The van der Waals surface area contributed by atoms with E-state index in [0.29, 0.717) is 12.1 Å². The Morgan fingerprint density at radius 2 is 2.25 bits per heavy atom. The number of halogens is 2. The summed E-state index contributed by atoms with van der Waals surface area (Å²) < 4.78 is 13.0. The normalized spacial score (nSPS) is 12.2. The van der Waals surface area contributed by atoms with E-state index in [1.54, 1.807) is 0 Å². The number of nitrogens with one attached hydrogen (secondary N) is 1. The molecule has 5 heteroatoms. The quantitative estimate of drug-likeness (QED) is 0.855. The minimum absolute atomic E-state index is 0.236. The predicted octanol–water partition coefficient (Wildman–Crippen LogP) is 2.55. The zero-order valence-electron chi connectivity index (χ0n) is 8.97. The van der Waals surface area contributed by atoms with Crippen LogP contribution in [-0.2, 0) is 4.79 Å². The average molecular weight is 245 g/mol. The molecule has 3 N–H and O–H groups in total. The van der Waals surface area contributed by atoms with Gasteiger partial charge in [0.05, 0.1) is 6.04 Å². The molecule has 0 spiro atoms. The van der Waals surface area contributed by atoms with Gasteiger partial charge in [0.25, 0.3) is 0 Å². The van der Waals surface area contributed by atoms with Crippen LogP contribution in [0.25, 0.3) is 0 Å². The lowest BCUT2D eigenvalue weighted by Gasteiger charge is -2.11. The van der Waals surface area contributed by atoms with E-state index >= 15 is 0 Å². The number of anilines is 1. The molecule has 1 aromatic carbocycles. The van der Waals surface area contributed by atoms with Crippen LogP contribution < -0.4 is 11.1 Å². The van der Waals surface area contributed by atoms with E-state index in [4.69, 9.17) is 17.3 Å². The molecule has 0 aromatic heterocycles. The summed E-state index contributed by atoms with van der Waals surface area (Å²) in [6.07, 6.45) is 1.41. The molecule has 0 aliphatic rings. The van der Waals surface area contributed by atoms with Gasteiger partial charge in [-0.15, -0.1) is 0 Å². The molecule has 0 saturated heterocycles. The van der Waals surface area contributed by atoms with Crippen molar-refractivity contribution in [3.05, 3.63) is 29.0 Å². The molecule has 0 aliphatic heterocycles. The number of rotatable bonds is 4. The minimum atomic E-state index is -0.577. The molecule has 1 unspecified atom stereocenters. The van der Waals surface area contributed by atoms with E-state index in [1.807, 2.05) is 6.92 Å². The van der Waals surface area contributed by atoms with Crippen molar-refractivity contribution in [2.75, 3.05) is 5.32 Å². The first-order chi connectivity index (χ1) is 7.52. The van der Waals surface area contributed by atoms with Gasteiger partial charge < -0.3 is 11.1 Å². The molecule has 1 amide bonds. The maximum absolute atomic E-state index is 13.0. The second-order valence-electron chi connectivity index (χ2n) is 3.54. The first-order valence-corrected chi connectivity index (χ1v) is 5.43. The third kappa shape index (κ3) is 3.79. The maximum Gasteiger partial charge on any atom is 0.241 e. The summed E-state index contributed by atoms with van der Waals surface area (Å²) in [5.41, 5.74) is 5.93. The van der Waals surface area contributed by atoms with Crippen molar-refractivity contribution < 1.29 is 9.18 Å². The van der Waals surface area contributed by atoms with Gasteiger partial charge in [-0.1, -0.05) is 24.9 Å². The lowest BCUT2D eigenvalue weighted by molar-refractivity contribution is -0.117. The van der Waals surface area contributed by atoms with E-state index in [2.05, 4.69) is 5.32 Å². The molecule has 0 bridgehead atoms. The summed E-state index contributed by atoms with van der Waals surface area (Å²) in [6, 6.07) is 3.26. The number of hydrogen-bond acceptors (Lipinski definition) is 2. The van der Waals surface area contributed by atoms with Crippen LogP contribution in [0.15, 0.2) is 18.2 Å². The van der Waals surface area contributed by atoms with Gasteiger partial charge in [-0.2, -0.15) is 0 Å². The van der Waals surface area contributed by atoms with Gasteiger partial charge in [-0.05, 0) is 24.6 Å². The molecular weight excluding hydrogens is 231 g/mol. The monoisotopic (exact) mass is 244 g/mol. The SMILES string of the molecule is CCCC(N)C(=O)Nc1cc(F)cc(Cl)c1. The highest BCUT2D eigenvalue weighted by Crippen LogP contribution is 2.18. The van der Waals surface area contributed by atoms with Crippen LogP contribution in [-0.4, -0.2) is 11.9 Å². The Morgan fingerprint density at radius 1 is 1.56 bits per heavy atom. The zero-order valence-corrected chi connectivity index (χ0v) is 9.72. The largest absolute Gasteiger partial charge is 0.325 e. The van der Waals surface area contributed by atoms with Crippen LogP contribution in [0.3, 0.4) is 0 Å². The Hall–Kier alpha value is -1.13. The van der Waals surface area contributed by atoms with Crippen molar-refractivity contribution in [2.24, 2.45) is 5.73 Å². The second-order valence-corrected chi connectivity index (χ2v) is 3.98. The van der Waals surface area contributed by atoms with Crippen LogP contribution in [0.5, 0.6) is 0 Å². The average Bonchev–Trinajstić information content (AvgIpc) is 2.16. The zero-order chi connectivity index (χ0) is 12.1. The number of carbonyl (C=O) groups is 1. The summed E-state index contributed by atoms with van der Waals surface area (Å²) in [4.78, 5) is 11.5. The van der Waals surface area contributed by atoms with Gasteiger partial charge in [0, 0.05) is 10.7 Å². The van der Waals surface area contributed by atoms with Gasteiger partial charge in [0.15, 0.2) is 0 Å². The molecule has 3 nitrogen and oxygen atoms in total. The number of carbonyl (C=O) groups excluding carboxylic acids is 1. The van der Waals surface area contributed by atoms with E-state index in [9.17, 15) is 9.18 Å². The summed E-state index contributed by atoms with van der Waals surface area (Å²) in [7, 11) is 0. The maximum atomic E-state index is 13.0. The van der Waals surface area contributed by atoms with Crippen molar-refractivity contribution in [1.29, 1.82) is 0 Å². The third-order valence-electron chi connectivity index (χ3n) is 2.07. The molecule has 1 atom stereocenters. The van der Waals surface area contributed by atoms with Gasteiger partial charge in [-0.3, -0.25) is 4.79 Å². The number of nitrogens with two attached hydrogens (primary N) is 1. The van der Waals surface area contributed by atoms with Gasteiger partial charge in [0.2, 0.25) is 5.91 Å². The predicted molar refractivity (Wildman–Crippen MR) is 62.9 cm³/mol. The Bertz CT molecular complexity index is 364. The van der Waals surface area contributed by atoms with Crippen molar-refractivity contribution in [3.63, 3.8) is 0 Å². The molecule has 88 valence electrons. The van der Waals surface area contributed by atoms with Gasteiger partial charge in [-0.25, -0.2) is 4.39 Å². The highest BCUT2D eigenvalue weighted by molar-refractivity contribution is 6.30. The smallest absolute Gasteiger partial charge is 0.241 e. The second kappa shape index (κ2) is 5.82. The first kappa shape index (κ1) is 12.9. The molecule has 1 rings (SSSR count). The molecule has 0 radical (unpaired) electrons. The van der Waals surface area contributed by atoms with Crippen molar-refractivity contribution in [3.8, 4) is 0 Å². The fraction of sp³-hybridized carbons (Fsp3) is 0.364. The highest BCUT2D eigenvalue weighted by atomic mass is 35.5. The van der Waals surface area contributed by atoms with Crippen LogP contribution in [0.1, 0.15) is 19.8 Å². The number of benzene rings is 1. The van der Waals surface area contributed by atoms with Crippen molar-refractivity contribution >= 4 is 23.2 Å². The van der Waals surface area contributed by atoms with Crippen molar-refractivity contribution in [1.82, 2.24) is 0 Å². The molecule has 0 heterocycles. The van der Waals surface area contributed by atoms with Crippen LogP contribution in [0.2, 0.25) is 5.02 Å². The highest BCUT2D eigenvalue weighted by Gasteiger charge is 2.12. The molecule has 0 saturated carbocycles.